The molecule has 2 fully saturated rings. The maximum absolute atomic E-state index is 12.6. The molecule has 1 amide bonds. The van der Waals surface area contributed by atoms with Crippen LogP contribution in [0.3, 0.4) is 0 Å². The second-order valence-corrected chi connectivity index (χ2v) is 10.5. The van der Waals surface area contributed by atoms with Crippen molar-refractivity contribution in [1.29, 1.82) is 0 Å². The number of phenolic OH excluding ortho intramolecular Hbond substituents is 1. The maximum atomic E-state index is 12.6. The van der Waals surface area contributed by atoms with Gasteiger partial charge in [0.2, 0.25) is 5.91 Å². The van der Waals surface area contributed by atoms with E-state index in [1.165, 1.54) is 4.88 Å². The predicted octanol–water partition coefficient (Wildman–Crippen LogP) is 2.17. The van der Waals surface area contributed by atoms with Gasteiger partial charge >= 0.3 is 0 Å². The average molecular weight is 497 g/mol. The fourth-order valence-electron chi connectivity index (χ4n) is 4.93. The largest absolute Gasteiger partial charge is 0.508 e. The van der Waals surface area contributed by atoms with Crippen LogP contribution in [0.25, 0.3) is 10.2 Å². The van der Waals surface area contributed by atoms with E-state index < -0.39 is 0 Å². The molecule has 4 heterocycles. The van der Waals surface area contributed by atoms with Crippen LogP contribution in [-0.4, -0.2) is 107 Å². The van der Waals surface area contributed by atoms with Gasteiger partial charge in [0.05, 0.1) is 35.6 Å². The first kappa shape index (κ1) is 24.1. The van der Waals surface area contributed by atoms with E-state index in [0.29, 0.717) is 32.8 Å². The third-order valence-corrected chi connectivity index (χ3v) is 7.72. The molecule has 2 atom stereocenters. The monoisotopic (exact) mass is 496 g/mol. The van der Waals surface area contributed by atoms with Crippen molar-refractivity contribution in [3.63, 3.8) is 0 Å². The summed E-state index contributed by atoms with van der Waals surface area (Å²) in [5.41, 5.74) is 1.94. The molecule has 10 heteroatoms. The number of aromatic hydroxyl groups is 1. The lowest BCUT2D eigenvalue weighted by Gasteiger charge is -2.46. The molecule has 5 rings (SSSR count). The second kappa shape index (κ2) is 10.5. The molecule has 186 valence electrons. The fourth-order valence-corrected chi connectivity index (χ4v) is 6.08. The Morgan fingerprint density at radius 2 is 2.03 bits per heavy atom. The quantitative estimate of drug-likeness (QED) is 0.556. The Balaban J connectivity index is 1.39. The van der Waals surface area contributed by atoms with E-state index in [-0.39, 0.29) is 23.9 Å². The molecule has 2 aromatic heterocycles. The van der Waals surface area contributed by atoms with Crippen LogP contribution in [0, 0.1) is 0 Å². The first-order valence-electron chi connectivity index (χ1n) is 12.0. The van der Waals surface area contributed by atoms with Crippen molar-refractivity contribution in [2.24, 2.45) is 0 Å². The topological polar surface area (TPSA) is 85.3 Å². The van der Waals surface area contributed by atoms with Crippen molar-refractivity contribution in [3.8, 4) is 5.75 Å². The van der Waals surface area contributed by atoms with E-state index in [1.807, 2.05) is 42.2 Å². The predicted molar refractivity (Wildman–Crippen MR) is 135 cm³/mol. The summed E-state index contributed by atoms with van der Waals surface area (Å²) < 4.78 is 7.19. The highest BCUT2D eigenvalue weighted by Gasteiger charge is 2.35. The highest BCUT2D eigenvalue weighted by atomic mass is 32.1. The van der Waals surface area contributed by atoms with Gasteiger partial charge in [-0.1, -0.05) is 12.1 Å². The fraction of sp³-hybridized carbons (Fsp3) is 0.480. The zero-order chi connectivity index (χ0) is 24.4. The molecule has 0 spiro atoms. The number of amides is 1. The van der Waals surface area contributed by atoms with Gasteiger partial charge in [-0.15, -0.1) is 11.3 Å². The number of carbonyl (C=O) groups excluding carboxylic acids is 1. The number of nitrogens with zero attached hydrogens (tertiary/aromatic N) is 6. The highest BCUT2D eigenvalue weighted by molar-refractivity contribution is 7.19. The van der Waals surface area contributed by atoms with Gasteiger partial charge in [0.25, 0.3) is 0 Å². The molecule has 0 saturated carbocycles. The van der Waals surface area contributed by atoms with E-state index in [1.54, 1.807) is 29.8 Å². The van der Waals surface area contributed by atoms with Crippen molar-refractivity contribution >= 4 is 27.5 Å². The van der Waals surface area contributed by atoms with Crippen LogP contribution in [0.5, 0.6) is 5.75 Å². The van der Waals surface area contributed by atoms with Crippen molar-refractivity contribution in [3.05, 3.63) is 53.3 Å². The van der Waals surface area contributed by atoms with Gasteiger partial charge < -0.3 is 19.6 Å². The van der Waals surface area contributed by atoms with Crippen LogP contribution < -0.4 is 0 Å². The Morgan fingerprint density at radius 1 is 1.20 bits per heavy atom. The molecule has 2 saturated heterocycles. The number of hydrogen-bond acceptors (Lipinski definition) is 9. The Kier molecular flexibility index (Phi) is 7.26. The summed E-state index contributed by atoms with van der Waals surface area (Å²) in [6, 6.07) is 9.51. The Labute approximate surface area is 209 Å². The number of ether oxygens (including phenoxy) is 1. The number of phenols is 1. The van der Waals surface area contributed by atoms with Crippen LogP contribution in [0.4, 0.5) is 0 Å². The number of piperazine rings is 1. The SMILES string of the molecule is CN(C)CC(=O)N1CCN(C(c2cc3ncncc3s2)N2CCOC(c3cccc(O)c3)C2)CC1. The minimum absolute atomic E-state index is 0.0593. The van der Waals surface area contributed by atoms with E-state index in [9.17, 15) is 9.90 Å². The third kappa shape index (κ3) is 5.46. The zero-order valence-corrected chi connectivity index (χ0v) is 21.0. The summed E-state index contributed by atoms with van der Waals surface area (Å²) in [6.45, 7) is 5.61. The van der Waals surface area contributed by atoms with Gasteiger partial charge in [0, 0.05) is 50.3 Å². The first-order chi connectivity index (χ1) is 17.0. The number of morpholine rings is 1. The summed E-state index contributed by atoms with van der Waals surface area (Å²) in [7, 11) is 3.85. The Hall–Kier alpha value is -2.63. The van der Waals surface area contributed by atoms with Gasteiger partial charge in [-0.05, 0) is 37.9 Å². The van der Waals surface area contributed by atoms with Crippen LogP contribution in [0.15, 0.2) is 42.9 Å². The molecule has 2 unspecified atom stereocenters. The number of hydrogen-bond donors (Lipinski definition) is 1. The molecular formula is C25H32N6O3S. The minimum atomic E-state index is -0.115. The van der Waals surface area contributed by atoms with E-state index in [4.69, 9.17) is 4.74 Å². The molecular weight excluding hydrogens is 464 g/mol. The molecule has 35 heavy (non-hydrogen) atoms. The van der Waals surface area contributed by atoms with Crippen molar-refractivity contribution in [1.82, 2.24) is 29.6 Å². The summed E-state index contributed by atoms with van der Waals surface area (Å²) >= 11 is 1.73. The van der Waals surface area contributed by atoms with Gasteiger partial charge in [0.1, 0.15) is 12.1 Å². The Morgan fingerprint density at radius 3 is 2.77 bits per heavy atom. The lowest BCUT2D eigenvalue weighted by molar-refractivity contribution is -0.135. The standard InChI is InChI=1S/C25H32N6O3S/c1-28(2)16-24(33)29-6-8-30(9-7-29)25(22-13-20-23(35-22)14-26-17-27-20)31-10-11-34-21(15-31)18-4-3-5-19(32)12-18/h3-5,12-14,17,21,25,32H,6-11,15-16H2,1-2H3. The first-order valence-corrected chi connectivity index (χ1v) is 12.8. The van der Waals surface area contributed by atoms with Gasteiger partial charge in [-0.3, -0.25) is 14.6 Å². The Bertz CT molecular complexity index is 1130. The van der Waals surface area contributed by atoms with Crippen LogP contribution >= 0.6 is 11.3 Å². The van der Waals surface area contributed by atoms with Crippen molar-refractivity contribution in [2.75, 3.05) is 66.5 Å². The molecule has 0 radical (unpaired) electrons. The number of thiophene rings is 1. The van der Waals surface area contributed by atoms with Gasteiger partial charge in [-0.2, -0.15) is 0 Å². The molecule has 1 aromatic carbocycles. The summed E-state index contributed by atoms with van der Waals surface area (Å²) in [5.74, 6) is 0.431. The summed E-state index contributed by atoms with van der Waals surface area (Å²) in [5, 5.41) is 9.98. The van der Waals surface area contributed by atoms with Gasteiger partial charge in [0.15, 0.2) is 0 Å². The molecule has 2 aliphatic rings. The highest BCUT2D eigenvalue weighted by Crippen LogP contribution is 2.37. The number of carbonyl (C=O) groups is 1. The van der Waals surface area contributed by atoms with Crippen LogP contribution in [-0.2, 0) is 9.53 Å². The van der Waals surface area contributed by atoms with E-state index in [2.05, 4.69) is 25.8 Å². The van der Waals surface area contributed by atoms with Crippen molar-refractivity contribution in [2.45, 2.75) is 12.3 Å². The molecule has 3 aromatic rings. The average Bonchev–Trinajstić information content (AvgIpc) is 3.28. The molecule has 0 bridgehead atoms. The molecule has 0 aliphatic carbocycles. The van der Waals surface area contributed by atoms with Crippen LogP contribution in [0.2, 0.25) is 0 Å². The van der Waals surface area contributed by atoms with E-state index in [0.717, 1.165) is 35.4 Å². The maximum Gasteiger partial charge on any atom is 0.236 e. The van der Waals surface area contributed by atoms with E-state index >= 15 is 0 Å². The minimum Gasteiger partial charge on any atom is -0.508 e. The van der Waals surface area contributed by atoms with Crippen molar-refractivity contribution < 1.29 is 14.6 Å². The molecule has 2 aliphatic heterocycles. The lowest BCUT2D eigenvalue weighted by atomic mass is 10.1. The van der Waals surface area contributed by atoms with Crippen LogP contribution in [0.1, 0.15) is 22.7 Å². The number of rotatable bonds is 6. The third-order valence-electron chi connectivity index (χ3n) is 6.62. The second-order valence-electron chi connectivity index (χ2n) is 9.40. The smallest absolute Gasteiger partial charge is 0.236 e. The van der Waals surface area contributed by atoms with Gasteiger partial charge in [-0.25, -0.2) is 9.97 Å². The summed E-state index contributed by atoms with van der Waals surface area (Å²) in [6.07, 6.45) is 3.41. The zero-order valence-electron chi connectivity index (χ0n) is 20.2. The molecule has 9 nitrogen and oxygen atoms in total. The number of aromatic nitrogens is 2. The normalized spacial score (nSPS) is 21.0. The number of likely N-dealkylation sites (N-methyl/N-ethyl adjacent to an activating group) is 1. The molecule has 1 N–H and O–H groups in total. The lowest BCUT2D eigenvalue weighted by Crippen LogP contribution is -2.55. The summed E-state index contributed by atoms with van der Waals surface area (Å²) in [4.78, 5) is 31.3. The number of fused-ring (bicyclic) bond motifs is 1. The number of benzene rings is 1.